The van der Waals surface area contributed by atoms with Crippen LogP contribution in [-0.2, 0) is 0 Å². The van der Waals surface area contributed by atoms with Gasteiger partial charge in [0.25, 0.3) is 0 Å². The lowest BCUT2D eigenvalue weighted by atomic mass is 10.1. The molecule has 0 unspecified atom stereocenters. The summed E-state index contributed by atoms with van der Waals surface area (Å²) in [6, 6.07) is 13.2. The van der Waals surface area contributed by atoms with Gasteiger partial charge in [-0.1, -0.05) is 35.9 Å². The number of fused-ring (bicyclic) bond motifs is 1. The van der Waals surface area contributed by atoms with E-state index in [1.807, 2.05) is 43.3 Å². The molecule has 0 aliphatic heterocycles. The molecule has 3 aromatic rings. The van der Waals surface area contributed by atoms with E-state index in [1.54, 1.807) is 12.3 Å². The van der Waals surface area contributed by atoms with Crippen LogP contribution in [0.4, 0.5) is 5.95 Å². The molecule has 0 fully saturated rings. The summed E-state index contributed by atoms with van der Waals surface area (Å²) < 4.78 is 5.88. The number of halogens is 1. The lowest BCUT2D eigenvalue weighted by Gasteiger charge is -2.10. The number of nitrogens with zero attached hydrogens (tertiary/aromatic N) is 2. The van der Waals surface area contributed by atoms with Crippen molar-refractivity contribution in [2.24, 2.45) is 0 Å². The van der Waals surface area contributed by atoms with Gasteiger partial charge in [-0.2, -0.15) is 4.98 Å². The SMILES string of the molecule is CCNc1nccc(Oc2ccc(Cl)c3ccccc23)n1. The molecule has 1 N–H and O–H groups in total. The van der Waals surface area contributed by atoms with Gasteiger partial charge in [-0.3, -0.25) is 0 Å². The smallest absolute Gasteiger partial charge is 0.225 e. The van der Waals surface area contributed by atoms with E-state index in [1.165, 1.54) is 0 Å². The van der Waals surface area contributed by atoms with Crippen LogP contribution >= 0.6 is 11.6 Å². The molecule has 0 bridgehead atoms. The molecule has 1 heterocycles. The zero-order valence-corrected chi connectivity index (χ0v) is 12.3. The van der Waals surface area contributed by atoms with E-state index in [9.17, 15) is 0 Å². The third kappa shape index (κ3) is 2.90. The average molecular weight is 300 g/mol. The molecule has 0 amide bonds. The number of aromatic nitrogens is 2. The summed E-state index contributed by atoms with van der Waals surface area (Å²) in [5.74, 6) is 1.76. The fourth-order valence-corrected chi connectivity index (χ4v) is 2.31. The van der Waals surface area contributed by atoms with Crippen LogP contribution in [-0.4, -0.2) is 16.5 Å². The number of hydrogen-bond donors (Lipinski definition) is 1. The van der Waals surface area contributed by atoms with Gasteiger partial charge in [-0.15, -0.1) is 0 Å². The lowest BCUT2D eigenvalue weighted by molar-refractivity contribution is 0.467. The maximum absolute atomic E-state index is 6.21. The van der Waals surface area contributed by atoms with Crippen LogP contribution in [0, 0.1) is 0 Å². The van der Waals surface area contributed by atoms with Gasteiger partial charge in [0.2, 0.25) is 11.8 Å². The van der Waals surface area contributed by atoms with E-state index in [-0.39, 0.29) is 0 Å². The quantitative estimate of drug-likeness (QED) is 0.770. The first-order valence-electron chi connectivity index (χ1n) is 6.70. The highest BCUT2D eigenvalue weighted by atomic mass is 35.5. The Hall–Kier alpha value is -2.33. The van der Waals surface area contributed by atoms with Crippen molar-refractivity contribution in [3.05, 3.63) is 53.7 Å². The first-order valence-corrected chi connectivity index (χ1v) is 7.07. The highest BCUT2D eigenvalue weighted by Gasteiger charge is 2.07. The predicted octanol–water partition coefficient (Wildman–Crippen LogP) is 4.51. The van der Waals surface area contributed by atoms with Crippen LogP contribution in [0.1, 0.15) is 6.92 Å². The number of nitrogens with one attached hydrogen (secondary N) is 1. The van der Waals surface area contributed by atoms with Gasteiger partial charge >= 0.3 is 0 Å². The standard InChI is InChI=1S/C16H14ClN3O/c1-2-18-16-19-10-9-15(20-16)21-14-8-7-13(17)11-5-3-4-6-12(11)14/h3-10H,2H2,1H3,(H,18,19,20). The van der Waals surface area contributed by atoms with Crippen LogP contribution in [0.15, 0.2) is 48.7 Å². The summed E-state index contributed by atoms with van der Waals surface area (Å²) in [4.78, 5) is 8.43. The number of benzene rings is 2. The Morgan fingerprint density at radius 1 is 1.10 bits per heavy atom. The molecular formula is C16H14ClN3O. The maximum Gasteiger partial charge on any atom is 0.225 e. The molecule has 3 rings (SSSR count). The normalized spacial score (nSPS) is 10.6. The zero-order valence-electron chi connectivity index (χ0n) is 11.5. The van der Waals surface area contributed by atoms with Crippen molar-refractivity contribution < 1.29 is 4.74 Å². The Balaban J connectivity index is 1.98. The molecule has 0 radical (unpaired) electrons. The van der Waals surface area contributed by atoms with Gasteiger partial charge in [-0.25, -0.2) is 4.98 Å². The van der Waals surface area contributed by atoms with Crippen molar-refractivity contribution in [1.29, 1.82) is 0 Å². The fraction of sp³-hybridized carbons (Fsp3) is 0.125. The van der Waals surface area contributed by atoms with Crippen LogP contribution in [0.25, 0.3) is 10.8 Å². The summed E-state index contributed by atoms with van der Waals surface area (Å²) in [6.45, 7) is 2.75. The van der Waals surface area contributed by atoms with Crippen LogP contribution < -0.4 is 10.1 Å². The minimum Gasteiger partial charge on any atom is -0.438 e. The largest absolute Gasteiger partial charge is 0.438 e. The van der Waals surface area contributed by atoms with Gasteiger partial charge in [0, 0.05) is 34.6 Å². The summed E-state index contributed by atoms with van der Waals surface area (Å²) in [7, 11) is 0. The van der Waals surface area contributed by atoms with Crippen molar-refractivity contribution in [3.8, 4) is 11.6 Å². The second kappa shape index (κ2) is 5.97. The van der Waals surface area contributed by atoms with Crippen molar-refractivity contribution in [1.82, 2.24) is 9.97 Å². The van der Waals surface area contributed by atoms with Crippen LogP contribution in [0.3, 0.4) is 0 Å². The van der Waals surface area contributed by atoms with Gasteiger partial charge in [-0.05, 0) is 19.1 Å². The topological polar surface area (TPSA) is 47.0 Å². The molecule has 0 aliphatic carbocycles. The lowest BCUT2D eigenvalue weighted by Crippen LogP contribution is -2.02. The van der Waals surface area contributed by atoms with E-state index in [0.717, 1.165) is 23.1 Å². The summed E-state index contributed by atoms with van der Waals surface area (Å²) in [6.07, 6.45) is 1.67. The van der Waals surface area contributed by atoms with E-state index >= 15 is 0 Å². The Morgan fingerprint density at radius 2 is 1.90 bits per heavy atom. The van der Waals surface area contributed by atoms with Gasteiger partial charge < -0.3 is 10.1 Å². The molecule has 5 heteroatoms. The second-order valence-corrected chi connectivity index (χ2v) is 4.85. The minimum absolute atomic E-state index is 0.494. The Morgan fingerprint density at radius 3 is 2.71 bits per heavy atom. The number of rotatable bonds is 4. The predicted molar refractivity (Wildman–Crippen MR) is 85.2 cm³/mol. The highest BCUT2D eigenvalue weighted by Crippen LogP contribution is 2.33. The first kappa shape index (κ1) is 13.6. The monoisotopic (exact) mass is 299 g/mol. The van der Waals surface area contributed by atoms with Gasteiger partial charge in [0.1, 0.15) is 5.75 Å². The molecule has 106 valence electrons. The molecule has 0 spiro atoms. The minimum atomic E-state index is 0.494. The molecule has 0 saturated heterocycles. The highest BCUT2D eigenvalue weighted by molar-refractivity contribution is 6.35. The number of ether oxygens (including phenoxy) is 1. The fourth-order valence-electron chi connectivity index (χ4n) is 2.08. The maximum atomic E-state index is 6.21. The van der Waals surface area contributed by atoms with E-state index in [2.05, 4.69) is 15.3 Å². The van der Waals surface area contributed by atoms with Gasteiger partial charge in [0.15, 0.2) is 0 Å². The van der Waals surface area contributed by atoms with E-state index < -0.39 is 0 Å². The summed E-state index contributed by atoms with van der Waals surface area (Å²) in [5.41, 5.74) is 0. The molecule has 2 aromatic carbocycles. The van der Waals surface area contributed by atoms with Crippen molar-refractivity contribution in [2.75, 3.05) is 11.9 Å². The molecule has 0 aliphatic rings. The molecule has 0 saturated carbocycles. The van der Waals surface area contributed by atoms with Crippen molar-refractivity contribution in [3.63, 3.8) is 0 Å². The van der Waals surface area contributed by atoms with Gasteiger partial charge in [0.05, 0.1) is 0 Å². The summed E-state index contributed by atoms with van der Waals surface area (Å²) in [5, 5.41) is 5.67. The molecule has 21 heavy (non-hydrogen) atoms. The van der Waals surface area contributed by atoms with E-state index in [0.29, 0.717) is 16.9 Å². The van der Waals surface area contributed by atoms with Crippen molar-refractivity contribution in [2.45, 2.75) is 6.92 Å². The molecule has 0 atom stereocenters. The third-order valence-electron chi connectivity index (χ3n) is 3.01. The molecule has 1 aromatic heterocycles. The van der Waals surface area contributed by atoms with E-state index in [4.69, 9.17) is 16.3 Å². The number of hydrogen-bond acceptors (Lipinski definition) is 4. The summed E-state index contributed by atoms with van der Waals surface area (Å²) >= 11 is 6.21. The molecule has 4 nitrogen and oxygen atoms in total. The van der Waals surface area contributed by atoms with Crippen LogP contribution in [0.5, 0.6) is 11.6 Å². The Bertz CT molecular complexity index is 776. The van der Waals surface area contributed by atoms with Crippen molar-refractivity contribution >= 4 is 28.3 Å². The first-order chi connectivity index (χ1) is 10.3. The second-order valence-electron chi connectivity index (χ2n) is 4.44. The number of anilines is 1. The average Bonchev–Trinajstić information content (AvgIpc) is 2.51. The zero-order chi connectivity index (χ0) is 14.7. The third-order valence-corrected chi connectivity index (χ3v) is 3.34. The Labute approximate surface area is 127 Å². The van der Waals surface area contributed by atoms with Crippen LogP contribution in [0.2, 0.25) is 5.02 Å². The Kier molecular flexibility index (Phi) is 3.88. The molecular weight excluding hydrogens is 286 g/mol.